The van der Waals surface area contributed by atoms with E-state index in [2.05, 4.69) is 47.6 Å². The van der Waals surface area contributed by atoms with E-state index in [1.807, 2.05) is 27.7 Å². The predicted molar refractivity (Wildman–Crippen MR) is 250 cm³/mol. The number of hydrazone groups is 1. The van der Waals surface area contributed by atoms with Gasteiger partial charge in [-0.1, -0.05) is 73.6 Å². The highest BCUT2D eigenvalue weighted by Gasteiger charge is 2.37. The lowest BCUT2D eigenvalue weighted by Crippen LogP contribution is -2.63. The van der Waals surface area contributed by atoms with Crippen molar-refractivity contribution in [3.8, 4) is 0 Å². The molecule has 1 rings (SSSR count). The fraction of sp³-hybridized carbons (Fsp3) is 0.636. The summed E-state index contributed by atoms with van der Waals surface area (Å²) in [6, 6.07) is 3.18. The van der Waals surface area contributed by atoms with Crippen LogP contribution in [0.5, 0.6) is 0 Å². The fourth-order valence-corrected chi connectivity index (χ4v) is 6.37. The van der Waals surface area contributed by atoms with Gasteiger partial charge in [0.1, 0.15) is 35.7 Å². The monoisotopic (exact) mass is 930 g/mol. The summed E-state index contributed by atoms with van der Waals surface area (Å²) < 4.78 is 0. The average molecular weight is 930 g/mol. The zero-order valence-electron chi connectivity index (χ0n) is 40.3. The van der Waals surface area contributed by atoms with Crippen LogP contribution in [0.15, 0.2) is 35.4 Å². The third-order valence-corrected chi connectivity index (χ3v) is 10.0. The van der Waals surface area contributed by atoms with Crippen molar-refractivity contribution in [3.05, 3.63) is 30.3 Å². The van der Waals surface area contributed by atoms with Gasteiger partial charge in [0.15, 0.2) is 0 Å². The molecule has 0 saturated heterocycles. The Kier molecular flexibility index (Phi) is 24.4. The lowest BCUT2D eigenvalue weighted by atomic mass is 9.97. The number of primary amides is 1. The molecule has 370 valence electrons. The Balaban J connectivity index is 3.13. The number of hydrazine groups is 1. The molecule has 22 heteroatoms. The fourth-order valence-electron chi connectivity index (χ4n) is 6.37. The molecule has 0 saturated carbocycles. The lowest BCUT2D eigenvalue weighted by molar-refractivity contribution is -0.138. The molecule has 0 aliphatic heterocycles. The number of unbranched alkanes of at least 4 members (excludes halogenated alkanes) is 1. The molecule has 0 aromatic heterocycles. The number of amides is 9. The van der Waals surface area contributed by atoms with Gasteiger partial charge in [0.2, 0.25) is 53.1 Å². The Morgan fingerprint density at radius 1 is 0.652 bits per heavy atom. The first-order valence-corrected chi connectivity index (χ1v) is 22.3. The molecule has 0 aliphatic rings. The maximum atomic E-state index is 13.9. The molecule has 0 spiro atoms. The maximum Gasteiger partial charge on any atom is 0.288 e. The molecule has 0 bridgehead atoms. The Bertz CT molecular complexity index is 1850. The number of carbonyl (C=O) groups is 9. The minimum Gasteiger partial charge on any atom is -0.378 e. The maximum absolute atomic E-state index is 13.9. The summed E-state index contributed by atoms with van der Waals surface area (Å²) in [5, 5.41) is 25.8. The highest BCUT2D eigenvalue weighted by atomic mass is 16.2. The van der Waals surface area contributed by atoms with Gasteiger partial charge < -0.3 is 54.0 Å². The van der Waals surface area contributed by atoms with Crippen LogP contribution in [0.2, 0.25) is 0 Å². The van der Waals surface area contributed by atoms with Crippen LogP contribution in [0.25, 0.3) is 0 Å². The van der Waals surface area contributed by atoms with Gasteiger partial charge in [-0.05, 0) is 81.8 Å². The van der Waals surface area contributed by atoms with Gasteiger partial charge >= 0.3 is 0 Å². The van der Waals surface area contributed by atoms with Crippen LogP contribution in [-0.4, -0.2) is 108 Å². The predicted octanol–water partition coefficient (Wildman–Crippen LogP) is -0.730. The Hall–Kier alpha value is -6.32. The quantitative estimate of drug-likeness (QED) is 0.0171. The van der Waals surface area contributed by atoms with Gasteiger partial charge in [0.25, 0.3) is 5.91 Å². The van der Waals surface area contributed by atoms with E-state index in [1.54, 1.807) is 58.0 Å². The zero-order valence-corrected chi connectivity index (χ0v) is 40.3. The minimum atomic E-state index is -1.63. The number of anilines is 1. The molecule has 4 unspecified atom stereocenters. The summed E-state index contributed by atoms with van der Waals surface area (Å²) >= 11 is 0. The van der Waals surface area contributed by atoms with Crippen LogP contribution >= 0.6 is 0 Å². The van der Waals surface area contributed by atoms with Crippen molar-refractivity contribution in [3.63, 3.8) is 0 Å². The van der Waals surface area contributed by atoms with Crippen LogP contribution in [0.3, 0.4) is 0 Å². The van der Waals surface area contributed by atoms with Crippen molar-refractivity contribution in [1.82, 2.24) is 42.5 Å². The van der Waals surface area contributed by atoms with Crippen LogP contribution < -0.4 is 65.0 Å². The molecular formula is C44H75N13O9. The summed E-state index contributed by atoms with van der Waals surface area (Å²) in [5.41, 5.74) is 10.3. The number of hydrogen-bond acceptors (Lipinski definition) is 12. The minimum absolute atomic E-state index is 0.0109. The topological polar surface area (TPSA) is 344 Å². The molecule has 22 nitrogen and oxygen atoms in total. The number of amidine groups is 1. The molecule has 0 fully saturated rings. The number of nitrogens with zero attached hydrogens (tertiary/aromatic N) is 2. The lowest BCUT2D eigenvalue weighted by Gasteiger charge is -2.32. The summed E-state index contributed by atoms with van der Waals surface area (Å²) in [5.74, 6) is -1.37. The molecule has 66 heavy (non-hydrogen) atoms. The molecule has 0 heterocycles. The van der Waals surface area contributed by atoms with E-state index >= 15 is 0 Å². The van der Waals surface area contributed by atoms with Crippen molar-refractivity contribution in [2.45, 2.75) is 144 Å². The van der Waals surface area contributed by atoms with Gasteiger partial charge in [-0.15, -0.1) is 5.10 Å². The third-order valence-electron chi connectivity index (χ3n) is 10.0. The summed E-state index contributed by atoms with van der Waals surface area (Å²) in [4.78, 5) is 117. The second kappa shape index (κ2) is 27.9. The van der Waals surface area contributed by atoms with Crippen LogP contribution in [-0.2, 0) is 43.2 Å². The molecule has 5 atom stereocenters. The first kappa shape index (κ1) is 57.7. The largest absolute Gasteiger partial charge is 0.378 e. The molecule has 0 radical (unpaired) electrons. The normalized spacial score (nSPS) is 14.0. The van der Waals surface area contributed by atoms with Crippen LogP contribution in [0.1, 0.15) is 108 Å². The standard InChI is InChI=1S/C44H75N13O9/c1-24(2)21-31(37(46)60)53-38(61)30(19-15-16-20-48-42(65)36(45)56-57(47)29-17-13-12-14-18-29)52-41(64)35(27(7)8)54-43(66)44(10,11)55-39(62)32(22-25(3)4)51-33(59)23-49-40(63)34(26(5)6)50-28(9)58/h12-14,17-18,24-27,30-32,34-35H,15-16,19-23,47H2,1-11H3,(H2,45,56)(H2,46,60)(H,48,65)(H,49,63)(H,50,58)(H,51,59)(H,52,64)(H,53,61)(H,54,66)(H,55,62)/t30-,31?,32?,34?,35?/m0/s1. The van der Waals surface area contributed by atoms with E-state index in [9.17, 15) is 43.2 Å². The Morgan fingerprint density at radius 2 is 1.20 bits per heavy atom. The summed E-state index contributed by atoms with van der Waals surface area (Å²) in [6.07, 6.45) is 1.09. The number of nitrogens with two attached hydrogens (primary N) is 3. The van der Waals surface area contributed by atoms with E-state index in [4.69, 9.17) is 17.3 Å². The molecule has 0 aliphatic carbocycles. The molecule has 9 amide bonds. The van der Waals surface area contributed by atoms with Gasteiger partial charge in [-0.2, -0.15) is 5.12 Å². The van der Waals surface area contributed by atoms with Crippen molar-refractivity contribution >= 4 is 64.7 Å². The molecule has 14 N–H and O–H groups in total. The second-order valence-corrected chi connectivity index (χ2v) is 18.3. The van der Waals surface area contributed by atoms with Crippen LogP contribution in [0, 0.1) is 23.7 Å². The van der Waals surface area contributed by atoms with E-state index in [1.165, 1.54) is 20.8 Å². The smallest absolute Gasteiger partial charge is 0.288 e. The van der Waals surface area contributed by atoms with E-state index in [-0.39, 0.29) is 49.4 Å². The SMILES string of the molecule is CC(=O)NC(C(=O)NCC(=O)NC(CC(C)C)C(=O)NC(C)(C)C(=O)NC(C(=O)N[C@@H](CCCCNC(=O)/C(N)=N/N(N)c1ccccc1)C(=O)NC(CC(C)C)C(N)=O)C(C)C)C(C)C. The highest BCUT2D eigenvalue weighted by molar-refractivity contribution is 6.37. The Morgan fingerprint density at radius 3 is 1.73 bits per heavy atom. The molecule has 1 aromatic carbocycles. The van der Waals surface area contributed by atoms with E-state index < -0.39 is 101 Å². The first-order chi connectivity index (χ1) is 30.7. The van der Waals surface area contributed by atoms with Gasteiger partial charge in [0.05, 0.1) is 12.2 Å². The zero-order chi connectivity index (χ0) is 50.5. The van der Waals surface area contributed by atoms with Gasteiger partial charge in [-0.25, -0.2) is 5.84 Å². The number of carbonyl (C=O) groups excluding carboxylic acids is 9. The molecule has 1 aromatic rings. The van der Waals surface area contributed by atoms with Crippen LogP contribution in [0.4, 0.5) is 5.69 Å². The first-order valence-electron chi connectivity index (χ1n) is 22.3. The number of nitrogens with one attached hydrogen (secondary N) is 8. The van der Waals surface area contributed by atoms with Crippen molar-refractivity contribution in [1.29, 1.82) is 0 Å². The van der Waals surface area contributed by atoms with Crippen molar-refractivity contribution in [2.75, 3.05) is 18.2 Å². The second-order valence-electron chi connectivity index (χ2n) is 18.3. The summed E-state index contributed by atoms with van der Waals surface area (Å²) in [6.45, 7) is 17.9. The average Bonchev–Trinajstić information content (AvgIpc) is 3.21. The van der Waals surface area contributed by atoms with E-state index in [0.717, 1.165) is 5.12 Å². The number of hydrogen-bond donors (Lipinski definition) is 11. The van der Waals surface area contributed by atoms with Gasteiger partial charge in [0, 0.05) is 13.5 Å². The number of para-hydroxylation sites is 1. The summed E-state index contributed by atoms with van der Waals surface area (Å²) in [7, 11) is 0. The van der Waals surface area contributed by atoms with Gasteiger partial charge in [-0.3, -0.25) is 43.2 Å². The number of benzene rings is 1. The highest BCUT2D eigenvalue weighted by Crippen LogP contribution is 2.13. The van der Waals surface area contributed by atoms with Crippen molar-refractivity contribution in [2.24, 2.45) is 46.1 Å². The number of rotatable bonds is 27. The third kappa shape index (κ3) is 21.1. The Labute approximate surface area is 388 Å². The van der Waals surface area contributed by atoms with E-state index in [0.29, 0.717) is 18.5 Å². The molecular weight excluding hydrogens is 855 g/mol. The van der Waals surface area contributed by atoms with Crippen molar-refractivity contribution < 1.29 is 43.2 Å².